The van der Waals surface area contributed by atoms with Crippen LogP contribution in [0.4, 0.5) is 4.39 Å². The molecule has 1 aromatic rings. The first-order chi connectivity index (χ1) is 10.1. The van der Waals surface area contributed by atoms with Crippen molar-refractivity contribution in [3.05, 3.63) is 34.6 Å². The molecular formula is C16H20ClFN2O. The van der Waals surface area contributed by atoms with Crippen LogP contribution in [-0.4, -0.2) is 24.5 Å². The molecule has 1 aromatic carbocycles. The van der Waals surface area contributed by atoms with Crippen LogP contribution in [0.15, 0.2) is 18.2 Å². The van der Waals surface area contributed by atoms with Crippen LogP contribution in [0.25, 0.3) is 0 Å². The molecule has 1 heterocycles. The van der Waals surface area contributed by atoms with Gasteiger partial charge in [0.05, 0.1) is 0 Å². The minimum absolute atomic E-state index is 0.0277. The van der Waals surface area contributed by atoms with Crippen LogP contribution in [0.5, 0.6) is 0 Å². The Balaban J connectivity index is 1.63. The SMILES string of the molecule is CC1NCCCC1NC(=O)C1CC1c1c(F)cccc1Cl. The van der Waals surface area contributed by atoms with Crippen molar-refractivity contribution in [3.63, 3.8) is 0 Å². The third-order valence-electron chi connectivity index (χ3n) is 4.59. The highest BCUT2D eigenvalue weighted by atomic mass is 35.5. The van der Waals surface area contributed by atoms with Crippen molar-refractivity contribution >= 4 is 17.5 Å². The first-order valence-electron chi connectivity index (χ1n) is 7.55. The van der Waals surface area contributed by atoms with Crippen molar-refractivity contribution in [2.75, 3.05) is 6.54 Å². The van der Waals surface area contributed by atoms with Crippen molar-refractivity contribution in [1.82, 2.24) is 10.6 Å². The molecule has 3 nitrogen and oxygen atoms in total. The fraction of sp³-hybridized carbons (Fsp3) is 0.562. The quantitative estimate of drug-likeness (QED) is 0.901. The van der Waals surface area contributed by atoms with Gasteiger partial charge in [0, 0.05) is 34.5 Å². The van der Waals surface area contributed by atoms with Gasteiger partial charge in [-0.25, -0.2) is 4.39 Å². The Kier molecular flexibility index (Phi) is 4.18. The van der Waals surface area contributed by atoms with E-state index in [-0.39, 0.29) is 35.6 Å². The molecule has 2 N–H and O–H groups in total. The standard InChI is InChI=1S/C16H20ClFN2O/c1-9-14(6-3-7-19-9)20-16(21)11-8-10(11)15-12(17)4-2-5-13(15)18/h2,4-5,9-11,14,19H,3,6-8H2,1H3,(H,20,21). The Bertz CT molecular complexity index is 531. The smallest absolute Gasteiger partial charge is 0.224 e. The molecule has 0 aromatic heterocycles. The van der Waals surface area contributed by atoms with Gasteiger partial charge in [0.25, 0.3) is 0 Å². The molecule has 0 spiro atoms. The maximum atomic E-state index is 13.9. The second-order valence-electron chi connectivity index (χ2n) is 6.08. The third kappa shape index (κ3) is 3.06. The van der Waals surface area contributed by atoms with Gasteiger partial charge in [0.1, 0.15) is 5.82 Å². The van der Waals surface area contributed by atoms with Crippen LogP contribution in [0.3, 0.4) is 0 Å². The lowest BCUT2D eigenvalue weighted by atomic mass is 9.99. The largest absolute Gasteiger partial charge is 0.352 e. The fourth-order valence-corrected chi connectivity index (χ4v) is 3.50. The lowest BCUT2D eigenvalue weighted by Crippen LogP contribution is -2.52. The van der Waals surface area contributed by atoms with E-state index in [1.807, 2.05) is 0 Å². The van der Waals surface area contributed by atoms with Crippen molar-refractivity contribution in [3.8, 4) is 0 Å². The number of benzene rings is 1. The van der Waals surface area contributed by atoms with Gasteiger partial charge < -0.3 is 10.6 Å². The van der Waals surface area contributed by atoms with E-state index in [1.165, 1.54) is 6.07 Å². The Morgan fingerprint density at radius 1 is 1.48 bits per heavy atom. The van der Waals surface area contributed by atoms with E-state index in [0.29, 0.717) is 17.0 Å². The topological polar surface area (TPSA) is 41.1 Å². The van der Waals surface area contributed by atoms with Crippen LogP contribution in [0, 0.1) is 11.7 Å². The second kappa shape index (κ2) is 5.93. The van der Waals surface area contributed by atoms with Crippen LogP contribution in [-0.2, 0) is 4.79 Å². The summed E-state index contributed by atoms with van der Waals surface area (Å²) in [4.78, 5) is 12.3. The molecule has 114 valence electrons. The average molecular weight is 311 g/mol. The van der Waals surface area contributed by atoms with Gasteiger partial charge in [-0.3, -0.25) is 4.79 Å². The number of amides is 1. The first kappa shape index (κ1) is 14.8. The molecule has 4 unspecified atom stereocenters. The molecule has 21 heavy (non-hydrogen) atoms. The number of nitrogens with one attached hydrogen (secondary N) is 2. The predicted octanol–water partition coefficient (Wildman–Crippen LogP) is 2.84. The van der Waals surface area contributed by atoms with Gasteiger partial charge in [0.2, 0.25) is 5.91 Å². The lowest BCUT2D eigenvalue weighted by Gasteiger charge is -2.30. The van der Waals surface area contributed by atoms with Crippen LogP contribution >= 0.6 is 11.6 Å². The number of hydrogen-bond acceptors (Lipinski definition) is 2. The summed E-state index contributed by atoms with van der Waals surface area (Å²) in [6.45, 7) is 3.09. The van der Waals surface area contributed by atoms with Crippen molar-refractivity contribution < 1.29 is 9.18 Å². The van der Waals surface area contributed by atoms with Gasteiger partial charge >= 0.3 is 0 Å². The maximum absolute atomic E-state index is 13.9. The van der Waals surface area contributed by atoms with E-state index in [0.717, 1.165) is 19.4 Å². The summed E-state index contributed by atoms with van der Waals surface area (Å²) in [6, 6.07) is 5.14. The summed E-state index contributed by atoms with van der Waals surface area (Å²) in [5, 5.41) is 6.88. The summed E-state index contributed by atoms with van der Waals surface area (Å²) in [7, 11) is 0. The Hall–Kier alpha value is -1.13. The number of rotatable bonds is 3. The van der Waals surface area contributed by atoms with Crippen LogP contribution in [0.1, 0.15) is 37.7 Å². The van der Waals surface area contributed by atoms with Crippen LogP contribution in [0.2, 0.25) is 5.02 Å². The molecule has 0 bridgehead atoms. The number of carbonyl (C=O) groups excluding carboxylic acids is 1. The van der Waals surface area contributed by atoms with E-state index in [1.54, 1.807) is 12.1 Å². The van der Waals surface area contributed by atoms with Crippen LogP contribution < -0.4 is 10.6 Å². The fourth-order valence-electron chi connectivity index (χ4n) is 3.20. The highest BCUT2D eigenvalue weighted by molar-refractivity contribution is 6.31. The molecule has 1 saturated carbocycles. The Labute approximate surface area is 129 Å². The van der Waals surface area contributed by atoms with Gasteiger partial charge in [0.15, 0.2) is 0 Å². The highest BCUT2D eigenvalue weighted by Crippen LogP contribution is 2.50. The molecule has 0 radical (unpaired) electrons. The molecule has 5 heteroatoms. The summed E-state index contributed by atoms with van der Waals surface area (Å²) in [5.74, 6) is -0.505. The second-order valence-corrected chi connectivity index (χ2v) is 6.49. The average Bonchev–Trinajstić information content (AvgIpc) is 3.21. The summed E-state index contributed by atoms with van der Waals surface area (Å²) in [6.07, 6.45) is 2.75. The van der Waals surface area contributed by atoms with Crippen molar-refractivity contribution in [2.45, 2.75) is 44.2 Å². The number of halogens is 2. The normalized spacial score (nSPS) is 31.8. The maximum Gasteiger partial charge on any atom is 0.224 e. The van der Waals surface area contributed by atoms with Gasteiger partial charge in [-0.2, -0.15) is 0 Å². The van der Waals surface area contributed by atoms with E-state index in [2.05, 4.69) is 17.6 Å². The monoisotopic (exact) mass is 310 g/mol. The molecular weight excluding hydrogens is 291 g/mol. The molecule has 3 rings (SSSR count). The first-order valence-corrected chi connectivity index (χ1v) is 7.93. The zero-order valence-electron chi connectivity index (χ0n) is 12.0. The number of carbonyl (C=O) groups is 1. The van der Waals surface area contributed by atoms with E-state index >= 15 is 0 Å². The summed E-state index contributed by atoms with van der Waals surface area (Å²) >= 11 is 6.07. The van der Waals surface area contributed by atoms with E-state index in [4.69, 9.17) is 11.6 Å². The minimum Gasteiger partial charge on any atom is -0.352 e. The Morgan fingerprint density at radius 2 is 2.29 bits per heavy atom. The molecule has 1 aliphatic carbocycles. The number of hydrogen-bond donors (Lipinski definition) is 2. The molecule has 2 aliphatic rings. The zero-order chi connectivity index (χ0) is 15.0. The Morgan fingerprint density at radius 3 is 3.00 bits per heavy atom. The lowest BCUT2D eigenvalue weighted by molar-refractivity contribution is -0.123. The summed E-state index contributed by atoms with van der Waals surface area (Å²) in [5.41, 5.74) is 0.495. The molecule has 1 saturated heterocycles. The third-order valence-corrected chi connectivity index (χ3v) is 4.92. The van der Waals surface area contributed by atoms with Gasteiger partial charge in [-0.1, -0.05) is 17.7 Å². The van der Waals surface area contributed by atoms with Gasteiger partial charge in [-0.15, -0.1) is 0 Å². The summed E-state index contributed by atoms with van der Waals surface area (Å²) < 4.78 is 13.9. The number of piperidine rings is 1. The highest BCUT2D eigenvalue weighted by Gasteiger charge is 2.46. The molecule has 1 aliphatic heterocycles. The molecule has 4 atom stereocenters. The molecule has 2 fully saturated rings. The van der Waals surface area contributed by atoms with Crippen molar-refractivity contribution in [1.29, 1.82) is 0 Å². The van der Waals surface area contributed by atoms with E-state index < -0.39 is 0 Å². The van der Waals surface area contributed by atoms with Crippen molar-refractivity contribution in [2.24, 2.45) is 5.92 Å². The van der Waals surface area contributed by atoms with E-state index in [9.17, 15) is 9.18 Å². The predicted molar refractivity (Wildman–Crippen MR) is 80.9 cm³/mol. The minimum atomic E-state index is -0.310. The zero-order valence-corrected chi connectivity index (χ0v) is 12.8. The van der Waals surface area contributed by atoms with Gasteiger partial charge in [-0.05, 0) is 44.9 Å². The molecule has 1 amide bonds.